The first-order valence-electron chi connectivity index (χ1n) is 5.77. The molecule has 1 aliphatic carbocycles. The second-order valence-electron chi connectivity index (χ2n) is 4.90. The van der Waals surface area contributed by atoms with Gasteiger partial charge in [0.25, 0.3) is 0 Å². The minimum Gasteiger partial charge on any atom is -0.481 e. The molecule has 15 heavy (non-hydrogen) atoms. The van der Waals surface area contributed by atoms with E-state index in [2.05, 4.69) is 5.32 Å². The Bertz CT molecular complexity index is 230. The highest BCUT2D eigenvalue weighted by Gasteiger charge is 2.39. The van der Waals surface area contributed by atoms with Crippen molar-refractivity contribution in [3.8, 4) is 0 Å². The summed E-state index contributed by atoms with van der Waals surface area (Å²) in [6, 6.07) is 0. The van der Waals surface area contributed by atoms with E-state index in [1.807, 2.05) is 0 Å². The fourth-order valence-electron chi connectivity index (χ4n) is 3.21. The third-order valence-corrected chi connectivity index (χ3v) is 3.87. The molecular weight excluding hydrogens is 194 g/mol. The number of piperidine rings is 1. The Kier molecular flexibility index (Phi) is 3.26. The zero-order valence-electron chi connectivity index (χ0n) is 8.85. The maximum Gasteiger partial charge on any atom is 0.303 e. The highest BCUT2D eigenvalue weighted by Crippen LogP contribution is 2.39. The van der Waals surface area contributed by atoms with Crippen LogP contribution in [0.3, 0.4) is 0 Å². The molecule has 4 nitrogen and oxygen atoms in total. The van der Waals surface area contributed by atoms with Crippen molar-refractivity contribution in [1.82, 2.24) is 5.32 Å². The number of fused-ring (bicyclic) bond motifs is 2. The molecule has 0 aromatic carbocycles. The maximum absolute atomic E-state index is 10.6. The summed E-state index contributed by atoms with van der Waals surface area (Å²) in [5, 5.41) is 21.7. The largest absolute Gasteiger partial charge is 0.481 e. The number of carboxylic acid groups (broad SMARTS) is 1. The van der Waals surface area contributed by atoms with Crippen LogP contribution < -0.4 is 5.32 Å². The number of carboxylic acids is 1. The molecule has 3 N–H and O–H groups in total. The van der Waals surface area contributed by atoms with Crippen LogP contribution in [0.15, 0.2) is 0 Å². The minimum absolute atomic E-state index is 0.164. The topological polar surface area (TPSA) is 69.6 Å². The first-order valence-corrected chi connectivity index (χ1v) is 5.77. The molecule has 2 rings (SSSR count). The summed E-state index contributed by atoms with van der Waals surface area (Å²) in [5.41, 5.74) is 0. The minimum atomic E-state index is -0.702. The zero-order valence-corrected chi connectivity index (χ0v) is 8.85. The van der Waals surface area contributed by atoms with Gasteiger partial charge in [-0.15, -0.1) is 0 Å². The Labute approximate surface area is 89.7 Å². The molecule has 1 aliphatic heterocycles. The summed E-state index contributed by atoms with van der Waals surface area (Å²) in [4.78, 5) is 10.6. The third kappa shape index (κ3) is 2.49. The zero-order chi connectivity index (χ0) is 10.8. The van der Waals surface area contributed by atoms with E-state index < -0.39 is 5.97 Å². The van der Waals surface area contributed by atoms with Crippen molar-refractivity contribution >= 4 is 5.97 Å². The van der Waals surface area contributed by atoms with Crippen molar-refractivity contribution < 1.29 is 15.0 Å². The van der Waals surface area contributed by atoms with Crippen molar-refractivity contribution in [2.75, 3.05) is 13.1 Å². The van der Waals surface area contributed by atoms with Gasteiger partial charge in [0.2, 0.25) is 0 Å². The van der Waals surface area contributed by atoms with Gasteiger partial charge in [0, 0.05) is 6.42 Å². The monoisotopic (exact) mass is 213 g/mol. The van der Waals surface area contributed by atoms with E-state index in [0.717, 1.165) is 32.4 Å². The average Bonchev–Trinajstić information content (AvgIpc) is 2.14. The molecule has 2 fully saturated rings. The van der Waals surface area contributed by atoms with E-state index in [1.54, 1.807) is 0 Å². The molecule has 0 aromatic heterocycles. The van der Waals surface area contributed by atoms with Gasteiger partial charge in [-0.1, -0.05) is 0 Å². The van der Waals surface area contributed by atoms with E-state index >= 15 is 0 Å². The van der Waals surface area contributed by atoms with Gasteiger partial charge in [-0.05, 0) is 50.1 Å². The first-order chi connectivity index (χ1) is 7.16. The lowest BCUT2D eigenvalue weighted by atomic mass is 9.67. The molecule has 1 heterocycles. The highest BCUT2D eigenvalue weighted by molar-refractivity contribution is 5.66. The van der Waals surface area contributed by atoms with Crippen LogP contribution in [0.25, 0.3) is 0 Å². The Hall–Kier alpha value is -0.610. The standard InChI is InChI=1S/C11H19NO3/c13-9-3-7-5-12-6-8(4-9)10(7)1-2-11(14)15/h7-10,12-13H,1-6H2,(H,14,15). The van der Waals surface area contributed by atoms with Crippen LogP contribution in [0.5, 0.6) is 0 Å². The average molecular weight is 213 g/mol. The van der Waals surface area contributed by atoms with Gasteiger partial charge in [-0.25, -0.2) is 0 Å². The second kappa shape index (κ2) is 4.49. The molecule has 1 saturated heterocycles. The van der Waals surface area contributed by atoms with Gasteiger partial charge in [0.15, 0.2) is 0 Å². The van der Waals surface area contributed by atoms with Gasteiger partial charge < -0.3 is 15.5 Å². The molecule has 2 atom stereocenters. The van der Waals surface area contributed by atoms with Crippen LogP contribution in [0, 0.1) is 17.8 Å². The maximum atomic E-state index is 10.6. The van der Waals surface area contributed by atoms with E-state index in [1.165, 1.54) is 0 Å². The number of rotatable bonds is 3. The van der Waals surface area contributed by atoms with E-state index in [9.17, 15) is 9.90 Å². The van der Waals surface area contributed by atoms with E-state index in [0.29, 0.717) is 17.8 Å². The molecule has 2 bridgehead atoms. The molecule has 2 unspecified atom stereocenters. The number of hydrogen-bond acceptors (Lipinski definition) is 3. The van der Waals surface area contributed by atoms with Gasteiger partial charge in [-0.2, -0.15) is 0 Å². The van der Waals surface area contributed by atoms with Gasteiger partial charge in [-0.3, -0.25) is 4.79 Å². The fraction of sp³-hybridized carbons (Fsp3) is 0.909. The van der Waals surface area contributed by atoms with Gasteiger partial charge >= 0.3 is 5.97 Å². The SMILES string of the molecule is O=C(O)CCC1C2CNCC1CC(O)C2. The Morgan fingerprint density at radius 1 is 1.27 bits per heavy atom. The molecule has 0 amide bonds. The molecule has 2 aliphatic rings. The Morgan fingerprint density at radius 3 is 2.40 bits per heavy atom. The number of nitrogens with one attached hydrogen (secondary N) is 1. The number of hydrogen-bond donors (Lipinski definition) is 3. The molecule has 0 spiro atoms. The molecule has 86 valence electrons. The number of carbonyl (C=O) groups is 1. The molecule has 1 saturated carbocycles. The predicted octanol–water partition coefficient (Wildman–Crippen LogP) is 0.458. The van der Waals surface area contributed by atoms with Crippen molar-refractivity contribution in [2.24, 2.45) is 17.8 Å². The highest BCUT2D eigenvalue weighted by atomic mass is 16.4. The molecule has 0 aromatic rings. The van der Waals surface area contributed by atoms with E-state index in [4.69, 9.17) is 5.11 Å². The Morgan fingerprint density at radius 2 is 1.87 bits per heavy atom. The fourth-order valence-corrected chi connectivity index (χ4v) is 3.21. The van der Waals surface area contributed by atoms with Gasteiger partial charge in [0.05, 0.1) is 6.10 Å². The summed E-state index contributed by atoms with van der Waals surface area (Å²) in [6.45, 7) is 1.88. The number of aliphatic carboxylic acids is 1. The van der Waals surface area contributed by atoms with Crippen LogP contribution >= 0.6 is 0 Å². The lowest BCUT2D eigenvalue weighted by Gasteiger charge is -2.44. The molecule has 0 radical (unpaired) electrons. The lowest BCUT2D eigenvalue weighted by molar-refractivity contribution is -0.137. The smallest absolute Gasteiger partial charge is 0.303 e. The molecular formula is C11H19NO3. The summed E-state index contributed by atoms with van der Waals surface area (Å²) in [6.07, 6.45) is 2.57. The second-order valence-corrected chi connectivity index (χ2v) is 4.90. The summed E-state index contributed by atoms with van der Waals surface area (Å²) in [7, 11) is 0. The Balaban J connectivity index is 1.95. The van der Waals surface area contributed by atoms with Crippen LogP contribution in [0.4, 0.5) is 0 Å². The van der Waals surface area contributed by atoms with Crippen LogP contribution in [-0.4, -0.2) is 35.4 Å². The van der Waals surface area contributed by atoms with Gasteiger partial charge in [0.1, 0.15) is 0 Å². The number of aliphatic hydroxyl groups excluding tert-OH is 1. The van der Waals surface area contributed by atoms with Crippen molar-refractivity contribution in [1.29, 1.82) is 0 Å². The third-order valence-electron chi connectivity index (χ3n) is 3.87. The van der Waals surface area contributed by atoms with Crippen LogP contribution in [0.2, 0.25) is 0 Å². The quantitative estimate of drug-likeness (QED) is 0.637. The van der Waals surface area contributed by atoms with Crippen molar-refractivity contribution in [2.45, 2.75) is 31.8 Å². The predicted molar refractivity (Wildman–Crippen MR) is 55.5 cm³/mol. The summed E-state index contributed by atoms with van der Waals surface area (Å²) < 4.78 is 0. The molecule has 4 heteroatoms. The van der Waals surface area contributed by atoms with Crippen molar-refractivity contribution in [3.63, 3.8) is 0 Å². The number of aliphatic hydroxyl groups is 1. The van der Waals surface area contributed by atoms with Crippen LogP contribution in [-0.2, 0) is 4.79 Å². The first kappa shape index (κ1) is 10.9. The van der Waals surface area contributed by atoms with Crippen LogP contribution in [0.1, 0.15) is 25.7 Å². The van der Waals surface area contributed by atoms with Crippen molar-refractivity contribution in [3.05, 3.63) is 0 Å². The summed E-state index contributed by atoms with van der Waals surface area (Å²) >= 11 is 0. The normalized spacial score (nSPS) is 40.1. The lowest BCUT2D eigenvalue weighted by Crippen LogP contribution is -2.49. The summed E-state index contributed by atoms with van der Waals surface area (Å²) in [5.74, 6) is 0.761. The van der Waals surface area contributed by atoms with E-state index in [-0.39, 0.29) is 12.5 Å².